The second-order valence-electron chi connectivity index (χ2n) is 6.54. The molecule has 0 atom stereocenters. The molecule has 2 rings (SSSR count). The van der Waals surface area contributed by atoms with Crippen molar-refractivity contribution in [1.29, 1.82) is 0 Å². The average Bonchev–Trinajstić information content (AvgIpc) is 2.61. The Morgan fingerprint density at radius 2 is 1.63 bits per heavy atom. The number of benzene rings is 2. The summed E-state index contributed by atoms with van der Waals surface area (Å²) in [6.07, 6.45) is 2.07. The number of anilines is 1. The highest BCUT2D eigenvalue weighted by Crippen LogP contribution is 2.16. The normalized spacial score (nSPS) is 10.3. The molecule has 5 nitrogen and oxygen atoms in total. The van der Waals surface area contributed by atoms with Crippen LogP contribution in [-0.4, -0.2) is 25.1 Å². The minimum Gasteiger partial charge on any atom is -0.493 e. The number of ether oxygens (including phenoxy) is 2. The third-order valence-corrected chi connectivity index (χ3v) is 3.93. The van der Waals surface area contributed by atoms with Gasteiger partial charge in [-0.05, 0) is 67.8 Å². The summed E-state index contributed by atoms with van der Waals surface area (Å²) in [7, 11) is 0. The molecule has 0 aliphatic carbocycles. The van der Waals surface area contributed by atoms with Crippen LogP contribution in [0.2, 0.25) is 0 Å². The van der Waals surface area contributed by atoms with Gasteiger partial charge in [-0.3, -0.25) is 4.79 Å². The SMILES string of the molecule is CCCCOC(=O)c1ccc(NC(=O)CCOc2cc(C)cc(C)c2)cc1. The number of amides is 1. The van der Waals surface area contributed by atoms with Crippen molar-refractivity contribution in [2.45, 2.75) is 40.0 Å². The number of rotatable bonds is 9. The van der Waals surface area contributed by atoms with Gasteiger partial charge in [-0.25, -0.2) is 4.79 Å². The fraction of sp³-hybridized carbons (Fsp3) is 0.364. The van der Waals surface area contributed by atoms with Crippen LogP contribution in [-0.2, 0) is 9.53 Å². The number of unbranched alkanes of at least 4 members (excludes halogenated alkanes) is 1. The van der Waals surface area contributed by atoms with Crippen LogP contribution in [0.3, 0.4) is 0 Å². The van der Waals surface area contributed by atoms with Crippen molar-refractivity contribution in [2.75, 3.05) is 18.5 Å². The Balaban J connectivity index is 1.77. The average molecular weight is 369 g/mol. The van der Waals surface area contributed by atoms with Gasteiger partial charge in [0, 0.05) is 5.69 Å². The van der Waals surface area contributed by atoms with E-state index in [9.17, 15) is 9.59 Å². The number of carbonyl (C=O) groups excluding carboxylic acids is 2. The third-order valence-electron chi connectivity index (χ3n) is 3.93. The lowest BCUT2D eigenvalue weighted by Crippen LogP contribution is -2.15. The zero-order valence-electron chi connectivity index (χ0n) is 16.2. The molecule has 0 unspecified atom stereocenters. The van der Waals surface area contributed by atoms with Gasteiger partial charge in [0.15, 0.2) is 0 Å². The highest BCUT2D eigenvalue weighted by atomic mass is 16.5. The number of hydrogen-bond donors (Lipinski definition) is 1. The highest BCUT2D eigenvalue weighted by Gasteiger charge is 2.08. The van der Waals surface area contributed by atoms with Crippen molar-refractivity contribution >= 4 is 17.6 Å². The Labute approximate surface area is 160 Å². The first-order valence-corrected chi connectivity index (χ1v) is 9.26. The molecule has 0 saturated heterocycles. The van der Waals surface area contributed by atoms with Gasteiger partial charge in [0.1, 0.15) is 5.75 Å². The van der Waals surface area contributed by atoms with Gasteiger partial charge in [-0.2, -0.15) is 0 Å². The van der Waals surface area contributed by atoms with Crippen LogP contribution in [0.15, 0.2) is 42.5 Å². The lowest BCUT2D eigenvalue weighted by Gasteiger charge is -2.09. The highest BCUT2D eigenvalue weighted by molar-refractivity contribution is 5.93. The summed E-state index contributed by atoms with van der Waals surface area (Å²) in [5.74, 6) is 0.284. The molecule has 0 radical (unpaired) electrons. The Kier molecular flexibility index (Phi) is 7.86. The number of hydrogen-bond acceptors (Lipinski definition) is 4. The molecule has 0 spiro atoms. The van der Waals surface area contributed by atoms with Gasteiger partial charge in [-0.1, -0.05) is 19.4 Å². The van der Waals surface area contributed by atoms with E-state index in [0.717, 1.165) is 29.7 Å². The first-order valence-electron chi connectivity index (χ1n) is 9.26. The van der Waals surface area contributed by atoms with E-state index in [-0.39, 0.29) is 18.3 Å². The van der Waals surface area contributed by atoms with Crippen molar-refractivity contribution in [3.05, 3.63) is 59.2 Å². The number of esters is 1. The van der Waals surface area contributed by atoms with Gasteiger partial charge in [0.2, 0.25) is 5.91 Å². The minimum absolute atomic E-state index is 0.141. The Morgan fingerprint density at radius 3 is 2.26 bits per heavy atom. The molecule has 0 aromatic heterocycles. The first-order chi connectivity index (χ1) is 13.0. The summed E-state index contributed by atoms with van der Waals surface area (Å²) >= 11 is 0. The Bertz CT molecular complexity index is 748. The van der Waals surface area contributed by atoms with E-state index in [0.29, 0.717) is 24.5 Å². The van der Waals surface area contributed by atoms with E-state index >= 15 is 0 Å². The van der Waals surface area contributed by atoms with E-state index in [2.05, 4.69) is 11.4 Å². The number of nitrogens with one attached hydrogen (secondary N) is 1. The molecule has 0 aliphatic heterocycles. The summed E-state index contributed by atoms with van der Waals surface area (Å²) in [5, 5.41) is 2.80. The molecular formula is C22H27NO4. The van der Waals surface area contributed by atoms with Crippen LogP contribution >= 0.6 is 0 Å². The maximum Gasteiger partial charge on any atom is 0.338 e. The predicted octanol–water partition coefficient (Wildman–Crippen LogP) is 4.67. The minimum atomic E-state index is -0.344. The van der Waals surface area contributed by atoms with E-state index < -0.39 is 0 Å². The maximum atomic E-state index is 12.0. The third kappa shape index (κ3) is 7.13. The zero-order chi connectivity index (χ0) is 19.6. The summed E-state index contributed by atoms with van der Waals surface area (Å²) < 4.78 is 10.8. The molecule has 144 valence electrons. The van der Waals surface area contributed by atoms with E-state index in [4.69, 9.17) is 9.47 Å². The summed E-state index contributed by atoms with van der Waals surface area (Å²) in [5.41, 5.74) is 3.37. The molecule has 5 heteroatoms. The molecule has 2 aromatic rings. The lowest BCUT2D eigenvalue weighted by molar-refractivity contribution is -0.116. The molecule has 27 heavy (non-hydrogen) atoms. The molecular weight excluding hydrogens is 342 g/mol. The van der Waals surface area contributed by atoms with Gasteiger partial charge >= 0.3 is 5.97 Å². The fourth-order valence-corrected chi connectivity index (χ4v) is 2.58. The molecule has 2 aromatic carbocycles. The number of aryl methyl sites for hydroxylation is 2. The fourth-order valence-electron chi connectivity index (χ4n) is 2.58. The molecule has 1 amide bonds. The zero-order valence-corrected chi connectivity index (χ0v) is 16.2. The van der Waals surface area contributed by atoms with Gasteiger partial charge < -0.3 is 14.8 Å². The van der Waals surface area contributed by atoms with Gasteiger partial charge in [0.05, 0.1) is 25.2 Å². The van der Waals surface area contributed by atoms with Crippen LogP contribution in [0, 0.1) is 13.8 Å². The second kappa shape index (κ2) is 10.4. The van der Waals surface area contributed by atoms with E-state index in [1.54, 1.807) is 24.3 Å². The van der Waals surface area contributed by atoms with Crippen LogP contribution in [0.4, 0.5) is 5.69 Å². The molecule has 0 fully saturated rings. The van der Waals surface area contributed by atoms with Crippen molar-refractivity contribution in [3.8, 4) is 5.75 Å². The summed E-state index contributed by atoms with van der Waals surface area (Å²) in [6.45, 7) is 6.79. The quantitative estimate of drug-likeness (QED) is 0.515. The van der Waals surface area contributed by atoms with Crippen molar-refractivity contribution in [3.63, 3.8) is 0 Å². The molecule has 1 N–H and O–H groups in total. The van der Waals surface area contributed by atoms with Crippen LogP contribution in [0.5, 0.6) is 5.75 Å². The first kappa shape index (κ1) is 20.5. The largest absolute Gasteiger partial charge is 0.493 e. The van der Waals surface area contributed by atoms with Crippen LogP contribution < -0.4 is 10.1 Å². The second-order valence-corrected chi connectivity index (χ2v) is 6.54. The summed E-state index contributed by atoms with van der Waals surface area (Å²) in [6, 6.07) is 12.7. The van der Waals surface area contributed by atoms with Crippen LogP contribution in [0.1, 0.15) is 47.7 Å². The molecule has 0 aliphatic rings. The van der Waals surface area contributed by atoms with E-state index in [1.807, 2.05) is 32.9 Å². The standard InChI is InChI=1S/C22H27NO4/c1-4-5-11-27-22(25)18-6-8-19(9-7-18)23-21(24)10-12-26-20-14-16(2)13-17(3)15-20/h6-9,13-15H,4-5,10-12H2,1-3H3,(H,23,24). The maximum absolute atomic E-state index is 12.0. The van der Waals surface area contributed by atoms with Crippen molar-refractivity contribution in [1.82, 2.24) is 0 Å². The van der Waals surface area contributed by atoms with Crippen molar-refractivity contribution < 1.29 is 19.1 Å². The molecule has 0 saturated carbocycles. The predicted molar refractivity (Wildman–Crippen MR) is 106 cm³/mol. The number of carbonyl (C=O) groups is 2. The topological polar surface area (TPSA) is 64.6 Å². The molecule has 0 heterocycles. The Hall–Kier alpha value is -2.82. The van der Waals surface area contributed by atoms with E-state index in [1.165, 1.54) is 0 Å². The lowest BCUT2D eigenvalue weighted by atomic mass is 10.1. The van der Waals surface area contributed by atoms with Crippen LogP contribution in [0.25, 0.3) is 0 Å². The van der Waals surface area contributed by atoms with Gasteiger partial charge in [-0.15, -0.1) is 0 Å². The Morgan fingerprint density at radius 1 is 0.963 bits per heavy atom. The summed E-state index contributed by atoms with van der Waals surface area (Å²) in [4.78, 5) is 23.9. The molecule has 0 bridgehead atoms. The monoisotopic (exact) mass is 369 g/mol. The smallest absolute Gasteiger partial charge is 0.338 e. The van der Waals surface area contributed by atoms with Crippen molar-refractivity contribution in [2.24, 2.45) is 0 Å². The van der Waals surface area contributed by atoms with Gasteiger partial charge in [0.25, 0.3) is 0 Å².